The molecule has 0 atom stereocenters. The van der Waals surface area contributed by atoms with Gasteiger partial charge < -0.3 is 20.1 Å². The maximum atomic E-state index is 14.1. The van der Waals surface area contributed by atoms with Crippen LogP contribution in [0.5, 0.6) is 0 Å². The smallest absolute Gasteiger partial charge is 0.251 e. The number of aromatic nitrogens is 3. The molecule has 0 bridgehead atoms. The molecule has 1 amide bonds. The second kappa shape index (κ2) is 9.79. The molecular weight excluding hydrogens is 450 g/mol. The van der Waals surface area contributed by atoms with Crippen LogP contribution < -0.4 is 10.6 Å². The molecule has 1 aliphatic heterocycles. The Morgan fingerprint density at radius 3 is 2.77 bits per heavy atom. The van der Waals surface area contributed by atoms with Gasteiger partial charge in [-0.3, -0.25) is 4.79 Å². The monoisotopic (exact) mass is 476 g/mol. The third-order valence-corrected chi connectivity index (χ3v) is 6.29. The second-order valence-corrected chi connectivity index (χ2v) is 8.91. The maximum absolute atomic E-state index is 14.1. The molecular formula is C26H26F2N6O. The summed E-state index contributed by atoms with van der Waals surface area (Å²) in [6.45, 7) is 2.08. The van der Waals surface area contributed by atoms with Crippen molar-refractivity contribution in [3.63, 3.8) is 0 Å². The van der Waals surface area contributed by atoms with Crippen molar-refractivity contribution >= 4 is 28.6 Å². The van der Waals surface area contributed by atoms with E-state index >= 15 is 0 Å². The van der Waals surface area contributed by atoms with Gasteiger partial charge in [0.25, 0.3) is 5.91 Å². The number of hydrogen-bond acceptors (Lipinski definition) is 5. The summed E-state index contributed by atoms with van der Waals surface area (Å²) in [5, 5.41) is 7.04. The Labute approximate surface area is 201 Å². The van der Waals surface area contributed by atoms with Gasteiger partial charge in [-0.25, -0.2) is 13.8 Å². The van der Waals surface area contributed by atoms with Gasteiger partial charge >= 0.3 is 0 Å². The molecule has 1 aliphatic rings. The predicted octanol–water partition coefficient (Wildman–Crippen LogP) is 4.33. The third kappa shape index (κ3) is 5.30. The summed E-state index contributed by atoms with van der Waals surface area (Å²) < 4.78 is 29.5. The SMILES string of the molecule is CN1CCC(NC(=O)c2cccc(Nc3ncc4ccn(Cc5cc(F)ccc5F)c4n3)c2)CC1. The Balaban J connectivity index is 1.32. The Bertz CT molecular complexity index is 1360. The quantitative estimate of drug-likeness (QED) is 0.434. The van der Waals surface area contributed by atoms with Crippen LogP contribution in [0.1, 0.15) is 28.8 Å². The molecule has 7 nitrogen and oxygen atoms in total. The van der Waals surface area contributed by atoms with Gasteiger partial charge in [-0.05, 0) is 75.4 Å². The number of fused-ring (bicyclic) bond motifs is 1. The van der Waals surface area contributed by atoms with E-state index in [1.165, 1.54) is 6.07 Å². The normalized spacial score (nSPS) is 14.8. The number of carbonyl (C=O) groups excluding carboxylic acids is 1. The van der Waals surface area contributed by atoms with Crippen LogP contribution in [0.25, 0.3) is 11.0 Å². The van der Waals surface area contributed by atoms with E-state index in [0.717, 1.165) is 43.5 Å². The van der Waals surface area contributed by atoms with Crippen molar-refractivity contribution in [1.29, 1.82) is 0 Å². The lowest BCUT2D eigenvalue weighted by molar-refractivity contribution is 0.0917. The van der Waals surface area contributed by atoms with Crippen LogP contribution in [-0.2, 0) is 6.54 Å². The Morgan fingerprint density at radius 2 is 1.94 bits per heavy atom. The lowest BCUT2D eigenvalue weighted by atomic mass is 10.0. The van der Waals surface area contributed by atoms with E-state index in [0.29, 0.717) is 22.8 Å². The van der Waals surface area contributed by atoms with E-state index in [2.05, 4.69) is 32.5 Å². The summed E-state index contributed by atoms with van der Waals surface area (Å²) in [6, 6.07) is 12.6. The van der Waals surface area contributed by atoms with Gasteiger partial charge in [0.1, 0.15) is 17.3 Å². The molecule has 5 rings (SSSR count). The highest BCUT2D eigenvalue weighted by atomic mass is 19.1. The summed E-state index contributed by atoms with van der Waals surface area (Å²) in [7, 11) is 2.09. The zero-order valence-electron chi connectivity index (χ0n) is 19.3. The zero-order chi connectivity index (χ0) is 24.4. The molecule has 180 valence electrons. The van der Waals surface area contributed by atoms with Crippen LogP contribution >= 0.6 is 0 Å². The number of rotatable bonds is 6. The van der Waals surface area contributed by atoms with Gasteiger partial charge in [0.2, 0.25) is 5.95 Å². The second-order valence-electron chi connectivity index (χ2n) is 8.91. The number of amides is 1. The van der Waals surface area contributed by atoms with Crippen LogP contribution in [0.2, 0.25) is 0 Å². The number of nitrogens with zero attached hydrogens (tertiary/aromatic N) is 4. The molecule has 1 saturated heterocycles. The fourth-order valence-corrected chi connectivity index (χ4v) is 4.30. The summed E-state index contributed by atoms with van der Waals surface area (Å²) in [5.41, 5.74) is 2.05. The number of carbonyl (C=O) groups is 1. The molecule has 2 N–H and O–H groups in total. The summed E-state index contributed by atoms with van der Waals surface area (Å²) in [4.78, 5) is 24.0. The van der Waals surface area contributed by atoms with E-state index in [9.17, 15) is 13.6 Å². The van der Waals surface area contributed by atoms with E-state index < -0.39 is 11.6 Å². The highest BCUT2D eigenvalue weighted by molar-refractivity contribution is 5.95. The van der Waals surface area contributed by atoms with Gasteiger partial charge in [-0.15, -0.1) is 0 Å². The minimum atomic E-state index is -0.491. The van der Waals surface area contributed by atoms with Crippen molar-refractivity contribution in [3.05, 3.63) is 83.7 Å². The highest BCUT2D eigenvalue weighted by Gasteiger charge is 2.19. The van der Waals surface area contributed by atoms with Crippen LogP contribution in [0, 0.1) is 11.6 Å². The molecule has 0 unspecified atom stereocenters. The number of hydrogen-bond donors (Lipinski definition) is 2. The topological polar surface area (TPSA) is 75.1 Å². The van der Waals surface area contributed by atoms with E-state index in [4.69, 9.17) is 0 Å². The molecule has 0 radical (unpaired) electrons. The molecule has 3 heterocycles. The fraction of sp³-hybridized carbons (Fsp3) is 0.269. The molecule has 0 spiro atoms. The van der Waals surface area contributed by atoms with Gasteiger partial charge in [0.15, 0.2) is 0 Å². The van der Waals surface area contributed by atoms with Crippen molar-refractivity contribution in [2.24, 2.45) is 0 Å². The first kappa shape index (κ1) is 22.9. The van der Waals surface area contributed by atoms with Gasteiger partial charge in [0, 0.05) is 40.6 Å². The van der Waals surface area contributed by atoms with E-state index in [1.807, 2.05) is 12.1 Å². The number of anilines is 2. The van der Waals surface area contributed by atoms with Crippen LogP contribution in [0.15, 0.2) is 60.9 Å². The first-order valence-electron chi connectivity index (χ1n) is 11.6. The molecule has 2 aromatic carbocycles. The molecule has 9 heteroatoms. The molecule has 35 heavy (non-hydrogen) atoms. The number of nitrogens with one attached hydrogen (secondary N) is 2. The minimum Gasteiger partial charge on any atom is -0.349 e. The van der Waals surface area contributed by atoms with Crippen molar-refractivity contribution in [2.75, 3.05) is 25.5 Å². The Hall–Kier alpha value is -3.85. The average Bonchev–Trinajstić information content (AvgIpc) is 3.25. The number of halogens is 2. The van der Waals surface area contributed by atoms with Crippen LogP contribution in [0.4, 0.5) is 20.4 Å². The van der Waals surface area contributed by atoms with Gasteiger partial charge in [0.05, 0.1) is 6.54 Å². The summed E-state index contributed by atoms with van der Waals surface area (Å²) in [5.74, 6) is -0.735. The van der Waals surface area contributed by atoms with Gasteiger partial charge in [-0.2, -0.15) is 4.98 Å². The maximum Gasteiger partial charge on any atom is 0.251 e. The highest BCUT2D eigenvalue weighted by Crippen LogP contribution is 2.21. The molecule has 0 saturated carbocycles. The molecule has 1 fully saturated rings. The lowest BCUT2D eigenvalue weighted by Crippen LogP contribution is -2.43. The van der Waals surface area contributed by atoms with Crippen molar-refractivity contribution in [2.45, 2.75) is 25.4 Å². The standard InChI is InChI=1S/C26H26F2N6O/c1-33-10-8-21(9-11-33)30-25(35)17-3-2-4-22(14-17)31-26-29-15-18-7-12-34(24(18)32-26)16-19-13-20(27)5-6-23(19)28/h2-7,12-15,21H,8-11,16H2,1H3,(H,30,35)(H,29,31,32). The van der Waals surface area contributed by atoms with Gasteiger partial charge in [-0.1, -0.05) is 6.07 Å². The first-order valence-corrected chi connectivity index (χ1v) is 11.6. The van der Waals surface area contributed by atoms with E-state index in [1.54, 1.807) is 35.2 Å². The Morgan fingerprint density at radius 1 is 1.11 bits per heavy atom. The Kier molecular flexibility index (Phi) is 6.41. The lowest BCUT2D eigenvalue weighted by Gasteiger charge is -2.29. The van der Waals surface area contributed by atoms with Crippen molar-refractivity contribution in [3.8, 4) is 0 Å². The fourth-order valence-electron chi connectivity index (χ4n) is 4.30. The van der Waals surface area contributed by atoms with E-state index in [-0.39, 0.29) is 24.1 Å². The molecule has 4 aromatic rings. The third-order valence-electron chi connectivity index (χ3n) is 6.29. The average molecular weight is 477 g/mol. The summed E-state index contributed by atoms with van der Waals surface area (Å²) in [6.07, 6.45) is 5.31. The minimum absolute atomic E-state index is 0.106. The number of likely N-dealkylation sites (tertiary alicyclic amines) is 1. The number of benzene rings is 2. The largest absolute Gasteiger partial charge is 0.349 e. The summed E-state index contributed by atoms with van der Waals surface area (Å²) >= 11 is 0. The van der Waals surface area contributed by atoms with Crippen LogP contribution in [-0.4, -0.2) is 51.5 Å². The first-order chi connectivity index (χ1) is 16.9. The van der Waals surface area contributed by atoms with Crippen molar-refractivity contribution < 1.29 is 13.6 Å². The predicted molar refractivity (Wildman–Crippen MR) is 131 cm³/mol. The number of piperidine rings is 1. The molecule has 2 aromatic heterocycles. The molecule has 0 aliphatic carbocycles. The van der Waals surface area contributed by atoms with Crippen molar-refractivity contribution in [1.82, 2.24) is 24.8 Å². The van der Waals surface area contributed by atoms with Crippen LogP contribution in [0.3, 0.4) is 0 Å². The zero-order valence-corrected chi connectivity index (χ0v) is 19.3.